The van der Waals surface area contributed by atoms with Crippen LogP contribution < -0.4 is 0 Å². The molecule has 2 aliphatic rings. The van der Waals surface area contributed by atoms with Gasteiger partial charge in [0.05, 0.1) is 25.1 Å². The van der Waals surface area contributed by atoms with Crippen molar-refractivity contribution < 1.29 is 44.3 Å². The fraction of sp³-hybridized carbons (Fsp3) is 0.351. The number of hydrogen-bond donors (Lipinski definition) is 5. The van der Waals surface area contributed by atoms with E-state index in [2.05, 4.69) is 96.8 Å². The Labute approximate surface area is 278 Å². The van der Waals surface area contributed by atoms with Crippen LogP contribution in [0.3, 0.4) is 0 Å². The van der Waals surface area contributed by atoms with Gasteiger partial charge in [-0.05, 0) is 56.1 Å². The molecule has 0 saturated heterocycles. The van der Waals surface area contributed by atoms with Crippen molar-refractivity contribution in [3.63, 3.8) is 0 Å². The number of Topliss-reactive ketones (excluding diaryl/α,β-unsaturated/α-hetero) is 1. The van der Waals surface area contributed by atoms with Gasteiger partial charge < -0.3 is 30.1 Å². The molecular weight excluding hydrogens is 616 g/mol. The van der Waals surface area contributed by atoms with Gasteiger partial charge in [-0.15, -0.1) is 0 Å². The number of nitrogens with one attached hydrogen (secondary N) is 1. The number of carbonyl (C=O) groups is 4. The molecule has 0 amide bonds. The van der Waals surface area contributed by atoms with Gasteiger partial charge in [-0.2, -0.15) is 0 Å². The lowest BCUT2D eigenvalue weighted by molar-refractivity contribution is -0.170. The number of benzene rings is 3. The number of rotatable bonds is 8. The molecule has 0 radical (unpaired) electrons. The third-order valence-electron chi connectivity index (χ3n) is 8.94. The topological polar surface area (TPSA) is 177 Å². The lowest BCUT2D eigenvalue weighted by Gasteiger charge is -2.43. The molecule has 1 aliphatic heterocycles. The molecule has 2 heterocycles. The van der Waals surface area contributed by atoms with E-state index in [0.29, 0.717) is 18.6 Å². The number of carboxylic acids is 3. The molecule has 1 saturated carbocycles. The van der Waals surface area contributed by atoms with Gasteiger partial charge in [0.25, 0.3) is 0 Å². The minimum atomic E-state index is -2.74. The lowest BCUT2D eigenvalue weighted by Crippen LogP contribution is -2.44. The van der Waals surface area contributed by atoms with E-state index in [4.69, 9.17) is 25.2 Å². The Balaban J connectivity index is 0.000000167. The zero-order chi connectivity index (χ0) is 34.9. The number of H-pyrrole nitrogens is 1. The van der Waals surface area contributed by atoms with E-state index in [9.17, 15) is 19.2 Å². The quantitative estimate of drug-likeness (QED) is 0.170. The van der Waals surface area contributed by atoms with Crippen LogP contribution in [-0.4, -0.2) is 80.3 Å². The normalized spacial score (nSPS) is 16.9. The summed E-state index contributed by atoms with van der Waals surface area (Å²) in [5, 5.41) is 35.1. The van der Waals surface area contributed by atoms with E-state index >= 15 is 0 Å². The van der Waals surface area contributed by atoms with Crippen molar-refractivity contribution in [2.24, 2.45) is 0 Å². The SMILES string of the molecule is CN(C)C1(c2ccccc2)CCC(=O)CC1.O=C(O)CC(O)(CC(=O)O)C(=O)O.c1ccc(C2OCCc3c2[nH]c2ccccc32)cc1. The zero-order valence-corrected chi connectivity index (χ0v) is 27.1. The van der Waals surface area contributed by atoms with Crippen molar-refractivity contribution in [3.8, 4) is 0 Å². The average molecular weight is 659 g/mol. The van der Waals surface area contributed by atoms with Gasteiger partial charge in [-0.1, -0.05) is 78.9 Å². The second-order valence-corrected chi connectivity index (χ2v) is 12.3. The molecule has 3 aromatic carbocycles. The number of carboxylic acid groups (broad SMARTS) is 3. The lowest BCUT2D eigenvalue weighted by atomic mass is 9.75. The Morgan fingerprint density at radius 1 is 0.833 bits per heavy atom. The number of carbonyl (C=O) groups excluding carboxylic acids is 1. The van der Waals surface area contributed by atoms with Gasteiger partial charge >= 0.3 is 17.9 Å². The number of ether oxygens (including phenoxy) is 1. The van der Waals surface area contributed by atoms with Crippen molar-refractivity contribution in [3.05, 3.63) is 107 Å². The first-order valence-corrected chi connectivity index (χ1v) is 15.8. The van der Waals surface area contributed by atoms with Gasteiger partial charge in [-0.25, -0.2) is 4.79 Å². The van der Waals surface area contributed by atoms with Crippen LogP contribution in [0.15, 0.2) is 84.9 Å². The Hall–Kier alpha value is -4.84. The van der Waals surface area contributed by atoms with Gasteiger partial charge in [0.15, 0.2) is 5.60 Å². The molecule has 11 heteroatoms. The maximum atomic E-state index is 11.4. The zero-order valence-electron chi connectivity index (χ0n) is 27.1. The monoisotopic (exact) mass is 658 g/mol. The number of nitrogens with zero attached hydrogens (tertiary/aromatic N) is 1. The number of aromatic nitrogens is 1. The summed E-state index contributed by atoms with van der Waals surface area (Å²) in [6.45, 7) is 0.786. The minimum absolute atomic E-state index is 0.0392. The van der Waals surface area contributed by atoms with E-state index in [1.54, 1.807) is 0 Å². The number of aliphatic hydroxyl groups is 1. The van der Waals surface area contributed by atoms with Crippen LogP contribution in [0.4, 0.5) is 0 Å². The molecule has 4 aromatic rings. The third kappa shape index (κ3) is 8.54. The summed E-state index contributed by atoms with van der Waals surface area (Å²) >= 11 is 0. The van der Waals surface area contributed by atoms with E-state index < -0.39 is 36.4 Å². The first-order chi connectivity index (χ1) is 22.9. The molecule has 0 bridgehead atoms. The van der Waals surface area contributed by atoms with Crippen molar-refractivity contribution in [2.75, 3.05) is 20.7 Å². The molecule has 1 atom stereocenters. The van der Waals surface area contributed by atoms with Crippen LogP contribution in [0.1, 0.15) is 67.0 Å². The Morgan fingerprint density at radius 3 is 1.92 bits per heavy atom. The summed E-state index contributed by atoms with van der Waals surface area (Å²) in [6.07, 6.45) is 2.06. The Bertz CT molecular complexity index is 1690. The molecule has 0 spiro atoms. The van der Waals surface area contributed by atoms with E-state index in [0.717, 1.165) is 25.9 Å². The molecule has 6 rings (SSSR count). The largest absolute Gasteiger partial charge is 0.481 e. The second-order valence-electron chi connectivity index (χ2n) is 12.3. The summed E-state index contributed by atoms with van der Waals surface area (Å²) < 4.78 is 5.99. The number of aromatic amines is 1. The molecule has 11 nitrogen and oxygen atoms in total. The van der Waals surface area contributed by atoms with E-state index in [1.807, 2.05) is 12.1 Å². The molecule has 254 valence electrons. The van der Waals surface area contributed by atoms with E-state index in [1.165, 1.54) is 33.3 Å². The Morgan fingerprint density at radius 2 is 1.38 bits per heavy atom. The molecular formula is C37H42N2O9. The maximum Gasteiger partial charge on any atom is 0.336 e. The predicted molar refractivity (Wildman–Crippen MR) is 179 cm³/mol. The van der Waals surface area contributed by atoms with Crippen LogP contribution in [0.25, 0.3) is 10.9 Å². The highest BCUT2D eigenvalue weighted by atomic mass is 16.5. The number of para-hydroxylation sites is 1. The van der Waals surface area contributed by atoms with Gasteiger partial charge in [-0.3, -0.25) is 19.3 Å². The van der Waals surface area contributed by atoms with Crippen molar-refractivity contribution in [1.82, 2.24) is 9.88 Å². The maximum absolute atomic E-state index is 11.4. The van der Waals surface area contributed by atoms with Crippen LogP contribution >= 0.6 is 0 Å². The number of ketones is 1. The standard InChI is InChI=1S/C17H15NO.C14H19NO.C6H8O7/c1-2-6-12(7-3-1)17-16-14(10-11-19-17)13-8-4-5-9-15(13)18-16;1-15(2)14(10-8-13(16)9-11-14)12-6-4-3-5-7-12;7-3(8)1-6(13,5(11)12)2-4(9)10/h1-9,17-18H,10-11H2;3-7H,8-11H2,1-2H3;13H,1-2H2,(H,7,8)(H,9,10)(H,11,12). The van der Waals surface area contributed by atoms with Gasteiger partial charge in [0.2, 0.25) is 0 Å². The number of fused-ring (bicyclic) bond motifs is 3. The molecule has 1 aliphatic carbocycles. The molecule has 5 N–H and O–H groups in total. The van der Waals surface area contributed by atoms with Gasteiger partial charge in [0, 0.05) is 29.3 Å². The second kappa shape index (κ2) is 15.8. The fourth-order valence-electron chi connectivity index (χ4n) is 6.37. The summed E-state index contributed by atoms with van der Waals surface area (Å²) in [4.78, 5) is 47.7. The first kappa shape index (κ1) is 36.0. The molecule has 1 unspecified atom stereocenters. The molecule has 1 aromatic heterocycles. The highest BCUT2D eigenvalue weighted by Crippen LogP contribution is 2.40. The smallest absolute Gasteiger partial charge is 0.336 e. The minimum Gasteiger partial charge on any atom is -0.481 e. The highest BCUT2D eigenvalue weighted by Gasteiger charge is 2.41. The summed E-state index contributed by atoms with van der Waals surface area (Å²) in [6, 6.07) is 29.5. The molecule has 1 fully saturated rings. The van der Waals surface area contributed by atoms with Crippen LogP contribution in [0.5, 0.6) is 0 Å². The Kier molecular flexibility index (Phi) is 11.9. The van der Waals surface area contributed by atoms with Crippen LogP contribution in [-0.2, 0) is 35.9 Å². The third-order valence-corrected chi connectivity index (χ3v) is 8.94. The summed E-state index contributed by atoms with van der Waals surface area (Å²) in [5.74, 6) is -4.61. The van der Waals surface area contributed by atoms with E-state index in [-0.39, 0.29) is 11.6 Å². The first-order valence-electron chi connectivity index (χ1n) is 15.8. The van der Waals surface area contributed by atoms with Crippen LogP contribution in [0, 0.1) is 0 Å². The fourth-order valence-corrected chi connectivity index (χ4v) is 6.37. The summed E-state index contributed by atoms with van der Waals surface area (Å²) in [5.41, 5.74) is 3.73. The van der Waals surface area contributed by atoms with Crippen molar-refractivity contribution in [2.45, 2.75) is 62.2 Å². The van der Waals surface area contributed by atoms with Crippen molar-refractivity contribution in [1.29, 1.82) is 0 Å². The van der Waals surface area contributed by atoms with Crippen molar-refractivity contribution >= 4 is 34.6 Å². The van der Waals surface area contributed by atoms with Crippen LogP contribution in [0.2, 0.25) is 0 Å². The number of aliphatic carboxylic acids is 3. The molecule has 48 heavy (non-hydrogen) atoms. The highest BCUT2D eigenvalue weighted by molar-refractivity contribution is 5.88. The van der Waals surface area contributed by atoms with Gasteiger partial charge in [0.1, 0.15) is 11.9 Å². The number of hydrogen-bond acceptors (Lipinski definition) is 7. The average Bonchev–Trinajstić information content (AvgIpc) is 3.45. The predicted octanol–water partition coefficient (Wildman–Crippen LogP) is 5.17. The summed E-state index contributed by atoms with van der Waals surface area (Å²) in [7, 11) is 4.23.